The highest BCUT2D eigenvalue weighted by molar-refractivity contribution is 6.23. The van der Waals surface area contributed by atoms with Gasteiger partial charge in [-0.25, -0.2) is 9.69 Å². The lowest BCUT2D eigenvalue weighted by molar-refractivity contribution is -0.122. The van der Waals surface area contributed by atoms with Crippen LogP contribution in [-0.2, 0) is 20.9 Å². The number of benzene rings is 2. The Morgan fingerprint density at radius 2 is 1.83 bits per heavy atom. The van der Waals surface area contributed by atoms with Crippen LogP contribution in [0.1, 0.15) is 32.9 Å². The van der Waals surface area contributed by atoms with Gasteiger partial charge in [-0.1, -0.05) is 6.07 Å². The van der Waals surface area contributed by atoms with Crippen LogP contribution in [0, 0.1) is 0 Å². The number of furan rings is 1. The van der Waals surface area contributed by atoms with E-state index in [9.17, 15) is 19.2 Å². The second-order valence-corrected chi connectivity index (χ2v) is 7.92. The lowest BCUT2D eigenvalue weighted by atomic mass is 10.1. The standard InChI is InChI=1S/C25H20N2O8/c1-32-25(31)16-5-7-17(8-6-16)27-22(28)12-18(23(27)29)26(24(30)20-3-2-10-33-20)13-15-4-9-19-21(11-15)35-14-34-19/h2-11,18H,12-14H2,1H3. The molecule has 2 aliphatic heterocycles. The van der Waals surface area contributed by atoms with Gasteiger partial charge in [0.25, 0.3) is 11.8 Å². The molecular weight excluding hydrogens is 456 g/mol. The van der Waals surface area contributed by atoms with Crippen LogP contribution in [0.2, 0.25) is 0 Å². The highest BCUT2D eigenvalue weighted by Gasteiger charge is 2.45. The van der Waals surface area contributed by atoms with Crippen LogP contribution in [0.25, 0.3) is 0 Å². The van der Waals surface area contributed by atoms with Gasteiger partial charge in [0.15, 0.2) is 17.3 Å². The fourth-order valence-electron chi connectivity index (χ4n) is 4.10. The summed E-state index contributed by atoms with van der Waals surface area (Å²) in [6.07, 6.45) is 1.16. The lowest BCUT2D eigenvalue weighted by Gasteiger charge is -2.27. The number of fused-ring (bicyclic) bond motifs is 1. The number of rotatable bonds is 6. The van der Waals surface area contributed by atoms with Crippen molar-refractivity contribution in [2.45, 2.75) is 19.0 Å². The molecule has 0 aliphatic carbocycles. The Bertz CT molecular complexity index is 1300. The Labute approximate surface area is 199 Å². The zero-order valence-corrected chi connectivity index (χ0v) is 18.6. The summed E-state index contributed by atoms with van der Waals surface area (Å²) in [4.78, 5) is 53.7. The highest BCUT2D eigenvalue weighted by atomic mass is 16.7. The molecule has 3 heterocycles. The van der Waals surface area contributed by atoms with Crippen LogP contribution in [0.5, 0.6) is 11.5 Å². The van der Waals surface area contributed by atoms with Crippen molar-refractivity contribution in [1.29, 1.82) is 0 Å². The maximum absolute atomic E-state index is 13.4. The largest absolute Gasteiger partial charge is 0.465 e. The Balaban J connectivity index is 1.44. The van der Waals surface area contributed by atoms with Crippen LogP contribution in [-0.4, -0.2) is 48.5 Å². The molecule has 1 aromatic heterocycles. The van der Waals surface area contributed by atoms with Crippen LogP contribution in [0.3, 0.4) is 0 Å². The maximum Gasteiger partial charge on any atom is 0.337 e. The van der Waals surface area contributed by atoms with E-state index in [1.165, 1.54) is 48.6 Å². The number of anilines is 1. The fraction of sp³-hybridized carbons (Fsp3) is 0.200. The number of hydrogen-bond acceptors (Lipinski definition) is 8. The first-order valence-electron chi connectivity index (χ1n) is 10.7. The number of esters is 1. The van der Waals surface area contributed by atoms with Gasteiger partial charge in [-0.15, -0.1) is 0 Å². The van der Waals surface area contributed by atoms with E-state index in [0.29, 0.717) is 22.7 Å². The molecule has 1 fully saturated rings. The van der Waals surface area contributed by atoms with Gasteiger partial charge in [0.05, 0.1) is 31.0 Å². The van der Waals surface area contributed by atoms with Crippen molar-refractivity contribution < 1.29 is 37.8 Å². The number of imide groups is 1. The van der Waals surface area contributed by atoms with Gasteiger partial charge in [-0.3, -0.25) is 14.4 Å². The highest BCUT2D eigenvalue weighted by Crippen LogP contribution is 2.34. The lowest BCUT2D eigenvalue weighted by Crippen LogP contribution is -2.45. The van der Waals surface area contributed by atoms with Crippen molar-refractivity contribution in [3.05, 3.63) is 77.7 Å². The van der Waals surface area contributed by atoms with E-state index in [1.54, 1.807) is 24.3 Å². The number of nitrogens with zero attached hydrogens (tertiary/aromatic N) is 2. The third-order valence-electron chi connectivity index (χ3n) is 5.83. The number of carbonyl (C=O) groups excluding carboxylic acids is 4. The predicted octanol–water partition coefficient (Wildman–Crippen LogP) is 2.77. The number of methoxy groups -OCH3 is 1. The molecule has 178 valence electrons. The molecule has 1 saturated heterocycles. The quantitative estimate of drug-likeness (QED) is 0.394. The van der Waals surface area contributed by atoms with Crippen molar-refractivity contribution in [3.63, 3.8) is 0 Å². The topological polar surface area (TPSA) is 116 Å². The van der Waals surface area contributed by atoms with Crippen molar-refractivity contribution in [2.24, 2.45) is 0 Å². The summed E-state index contributed by atoms with van der Waals surface area (Å²) < 4.78 is 20.7. The maximum atomic E-state index is 13.4. The van der Waals surface area contributed by atoms with Crippen molar-refractivity contribution in [2.75, 3.05) is 18.8 Å². The average molecular weight is 476 g/mol. The second kappa shape index (κ2) is 8.98. The van der Waals surface area contributed by atoms with Gasteiger partial charge in [0.1, 0.15) is 6.04 Å². The van der Waals surface area contributed by atoms with E-state index in [1.807, 2.05) is 0 Å². The molecule has 0 N–H and O–H groups in total. The molecule has 0 spiro atoms. The number of carbonyl (C=O) groups is 4. The monoisotopic (exact) mass is 476 g/mol. The Hall–Kier alpha value is -4.60. The molecule has 3 aromatic rings. The number of hydrogen-bond donors (Lipinski definition) is 0. The normalized spacial score (nSPS) is 16.5. The first-order chi connectivity index (χ1) is 17.0. The molecule has 0 radical (unpaired) electrons. The first kappa shape index (κ1) is 22.2. The summed E-state index contributed by atoms with van der Waals surface area (Å²) in [6, 6.07) is 13.1. The fourth-order valence-corrected chi connectivity index (χ4v) is 4.10. The smallest absolute Gasteiger partial charge is 0.337 e. The summed E-state index contributed by atoms with van der Waals surface area (Å²) in [5.74, 6) is -0.906. The zero-order valence-electron chi connectivity index (χ0n) is 18.6. The minimum absolute atomic E-state index is 0.0367. The van der Waals surface area contributed by atoms with Crippen LogP contribution in [0.15, 0.2) is 65.3 Å². The summed E-state index contributed by atoms with van der Waals surface area (Å²) >= 11 is 0. The van der Waals surface area contributed by atoms with E-state index in [4.69, 9.17) is 13.9 Å². The van der Waals surface area contributed by atoms with E-state index in [0.717, 1.165) is 4.90 Å². The van der Waals surface area contributed by atoms with Crippen molar-refractivity contribution >= 4 is 29.4 Å². The average Bonchev–Trinajstić information content (AvgIpc) is 3.62. The van der Waals surface area contributed by atoms with Gasteiger partial charge in [-0.05, 0) is 54.1 Å². The summed E-state index contributed by atoms with van der Waals surface area (Å²) in [7, 11) is 1.26. The Morgan fingerprint density at radius 3 is 2.54 bits per heavy atom. The minimum atomic E-state index is -1.05. The van der Waals surface area contributed by atoms with E-state index in [-0.39, 0.29) is 31.1 Å². The molecular formula is C25H20N2O8. The van der Waals surface area contributed by atoms with Gasteiger partial charge in [0.2, 0.25) is 12.7 Å². The van der Waals surface area contributed by atoms with Gasteiger partial charge >= 0.3 is 5.97 Å². The van der Waals surface area contributed by atoms with Gasteiger partial charge < -0.3 is 23.5 Å². The SMILES string of the molecule is COC(=O)c1ccc(N2C(=O)CC(N(Cc3ccc4c(c3)OCO4)C(=O)c3ccco3)C2=O)cc1. The third kappa shape index (κ3) is 4.10. The molecule has 10 nitrogen and oxygen atoms in total. The Morgan fingerprint density at radius 1 is 1.06 bits per heavy atom. The van der Waals surface area contributed by atoms with Gasteiger partial charge in [-0.2, -0.15) is 0 Å². The molecule has 3 amide bonds. The number of ether oxygens (including phenoxy) is 3. The van der Waals surface area contributed by atoms with E-state index >= 15 is 0 Å². The molecule has 35 heavy (non-hydrogen) atoms. The Kier molecular flexibility index (Phi) is 5.69. The van der Waals surface area contributed by atoms with Crippen LogP contribution in [0.4, 0.5) is 5.69 Å². The molecule has 0 saturated carbocycles. The molecule has 2 aromatic carbocycles. The molecule has 10 heteroatoms. The summed E-state index contributed by atoms with van der Waals surface area (Å²) in [6.45, 7) is 0.141. The van der Waals surface area contributed by atoms with Crippen LogP contribution < -0.4 is 14.4 Å². The predicted molar refractivity (Wildman–Crippen MR) is 120 cm³/mol. The minimum Gasteiger partial charge on any atom is -0.465 e. The molecule has 0 bridgehead atoms. The summed E-state index contributed by atoms with van der Waals surface area (Å²) in [5.41, 5.74) is 1.27. The van der Waals surface area contributed by atoms with Gasteiger partial charge in [0, 0.05) is 6.54 Å². The van der Waals surface area contributed by atoms with E-state index in [2.05, 4.69) is 4.74 Å². The molecule has 5 rings (SSSR count). The second-order valence-electron chi connectivity index (χ2n) is 7.92. The van der Waals surface area contributed by atoms with Crippen LogP contribution >= 0.6 is 0 Å². The van der Waals surface area contributed by atoms with Crippen molar-refractivity contribution in [1.82, 2.24) is 4.90 Å². The molecule has 1 unspecified atom stereocenters. The first-order valence-corrected chi connectivity index (χ1v) is 10.7. The molecule has 1 atom stereocenters. The zero-order chi connectivity index (χ0) is 24.5. The number of amides is 3. The van der Waals surface area contributed by atoms with E-state index < -0.39 is 29.7 Å². The summed E-state index contributed by atoms with van der Waals surface area (Å²) in [5, 5.41) is 0. The van der Waals surface area contributed by atoms with Crippen molar-refractivity contribution in [3.8, 4) is 11.5 Å². The molecule has 2 aliphatic rings. The third-order valence-corrected chi connectivity index (χ3v) is 5.83.